The minimum Gasteiger partial charge on any atom is -0.400 e. The molecule has 0 saturated heterocycles. The van der Waals surface area contributed by atoms with Crippen LogP contribution in [0.15, 0.2) is 0 Å². The topological polar surface area (TPSA) is 37.3 Å². The zero-order valence-corrected chi connectivity index (χ0v) is 15.7. The molecule has 0 spiro atoms. The van der Waals surface area contributed by atoms with E-state index in [1.165, 1.54) is 32.1 Å². The van der Waals surface area contributed by atoms with E-state index in [0.29, 0.717) is 23.0 Å². The maximum atomic E-state index is 12.2. The quantitative estimate of drug-likeness (QED) is 0.736. The summed E-state index contributed by atoms with van der Waals surface area (Å²) in [4.78, 5) is 12.2. The molecular weight excluding hydrogens is 295 g/mol. The highest BCUT2D eigenvalue weighted by atomic mass is 16.3. The Labute approximate surface area is 148 Å². The van der Waals surface area contributed by atoms with Gasteiger partial charge in [-0.1, -0.05) is 13.8 Å². The molecule has 0 aliphatic heterocycles. The van der Waals surface area contributed by atoms with E-state index in [2.05, 4.69) is 13.8 Å². The summed E-state index contributed by atoms with van der Waals surface area (Å²) in [5.74, 6) is 3.60. The van der Waals surface area contributed by atoms with Crippen LogP contribution in [-0.2, 0) is 4.79 Å². The van der Waals surface area contributed by atoms with Crippen LogP contribution in [0, 0.1) is 40.4 Å². The first-order valence-electron chi connectivity index (χ1n) is 10.2. The van der Waals surface area contributed by atoms with Crippen LogP contribution in [0.25, 0.3) is 0 Å². The fourth-order valence-corrected chi connectivity index (χ4v) is 7.94. The molecule has 4 saturated carbocycles. The number of carbonyl (C=O) groups excluding carboxylic acids is 1. The molecule has 0 unspecified atom stereocenters. The van der Waals surface area contributed by atoms with Crippen LogP contribution >= 0.6 is 0 Å². The molecule has 2 nitrogen and oxygen atoms in total. The van der Waals surface area contributed by atoms with E-state index < -0.39 is 5.50 Å². The third-order valence-electron chi connectivity index (χ3n) is 9.25. The molecule has 3 heteroatoms. The lowest BCUT2D eigenvalue weighted by Gasteiger charge is -2.62. The smallest absolute Gasteiger partial charge is 0.133 e. The van der Waals surface area contributed by atoms with Gasteiger partial charge in [-0.05, 0) is 99.2 Å². The highest BCUT2D eigenvalue weighted by molar-refractivity contribution is 6.14. The summed E-state index contributed by atoms with van der Waals surface area (Å²) in [6, 6.07) is 0. The number of carbonyl (C=O) groups is 1. The molecule has 4 aliphatic rings. The van der Waals surface area contributed by atoms with Crippen LogP contribution in [0.1, 0.15) is 78.6 Å². The number of Topliss-reactive ketones (excluding diaryl/α,β-unsaturated/α-hetero) is 1. The number of hydrogen-bond donors (Lipinski definition) is 1. The summed E-state index contributed by atoms with van der Waals surface area (Å²) in [7, 11) is 6.09. The first-order valence-corrected chi connectivity index (χ1v) is 10.2. The van der Waals surface area contributed by atoms with E-state index in [4.69, 9.17) is 7.85 Å². The Bertz CT molecular complexity index is 544. The van der Waals surface area contributed by atoms with Gasteiger partial charge in [-0.2, -0.15) is 0 Å². The molecule has 4 aliphatic carbocycles. The summed E-state index contributed by atoms with van der Waals surface area (Å²) in [6.07, 6.45) is 9.97. The largest absolute Gasteiger partial charge is 0.400 e. The average Bonchev–Trinajstić information content (AvgIpc) is 2.85. The molecular formula is C21H33BO2. The first-order chi connectivity index (χ1) is 11.2. The van der Waals surface area contributed by atoms with Crippen LogP contribution in [0.5, 0.6) is 0 Å². The average molecular weight is 328 g/mol. The van der Waals surface area contributed by atoms with E-state index in [1.54, 1.807) is 0 Å². The molecule has 0 aromatic rings. The molecule has 4 fully saturated rings. The number of fused-ring (bicyclic) bond motifs is 5. The van der Waals surface area contributed by atoms with Crippen LogP contribution < -0.4 is 0 Å². The van der Waals surface area contributed by atoms with Crippen LogP contribution in [0.4, 0.5) is 0 Å². The molecule has 2 radical (unpaired) electrons. The fourth-order valence-electron chi connectivity index (χ4n) is 7.94. The van der Waals surface area contributed by atoms with Gasteiger partial charge in [0.2, 0.25) is 0 Å². The van der Waals surface area contributed by atoms with Crippen LogP contribution in [0.3, 0.4) is 0 Å². The van der Waals surface area contributed by atoms with Gasteiger partial charge in [0.15, 0.2) is 0 Å². The Hall–Kier alpha value is -0.305. The fraction of sp³-hybridized carbons (Fsp3) is 0.952. The molecule has 0 heterocycles. The molecule has 0 aromatic carbocycles. The molecule has 1 N–H and O–H groups in total. The number of ketones is 1. The van der Waals surface area contributed by atoms with Gasteiger partial charge in [0, 0.05) is 11.4 Å². The minimum atomic E-state index is -0.937. The summed E-state index contributed by atoms with van der Waals surface area (Å²) in [5.41, 5.74) is -0.336. The van der Waals surface area contributed by atoms with Gasteiger partial charge < -0.3 is 5.11 Å². The number of rotatable bonds is 1. The third-order valence-corrected chi connectivity index (χ3v) is 9.25. The number of aliphatic hydroxyl groups is 1. The van der Waals surface area contributed by atoms with Crippen LogP contribution in [-0.4, -0.2) is 24.2 Å². The van der Waals surface area contributed by atoms with Crippen molar-refractivity contribution in [1.29, 1.82) is 0 Å². The molecule has 0 aromatic heterocycles. The zero-order valence-electron chi connectivity index (χ0n) is 15.7. The van der Waals surface area contributed by atoms with Gasteiger partial charge >= 0.3 is 0 Å². The second kappa shape index (κ2) is 5.35. The van der Waals surface area contributed by atoms with Crippen molar-refractivity contribution in [1.82, 2.24) is 0 Å². The Morgan fingerprint density at radius 3 is 2.38 bits per heavy atom. The van der Waals surface area contributed by atoms with Crippen molar-refractivity contribution in [2.75, 3.05) is 0 Å². The van der Waals surface area contributed by atoms with Gasteiger partial charge in [-0.15, -0.1) is 0 Å². The maximum absolute atomic E-state index is 12.2. The first kappa shape index (κ1) is 17.1. The summed E-state index contributed by atoms with van der Waals surface area (Å²) < 4.78 is 0. The van der Waals surface area contributed by atoms with Crippen molar-refractivity contribution < 1.29 is 9.90 Å². The molecule has 24 heavy (non-hydrogen) atoms. The Morgan fingerprint density at radius 1 is 0.958 bits per heavy atom. The Balaban J connectivity index is 1.61. The molecule has 0 bridgehead atoms. The lowest BCUT2D eigenvalue weighted by Crippen LogP contribution is -2.56. The van der Waals surface area contributed by atoms with Gasteiger partial charge in [0.25, 0.3) is 0 Å². The second-order valence-electron chi connectivity index (χ2n) is 10.2. The van der Waals surface area contributed by atoms with E-state index in [0.717, 1.165) is 43.4 Å². The van der Waals surface area contributed by atoms with E-state index in [1.807, 2.05) is 6.92 Å². The van der Waals surface area contributed by atoms with Crippen molar-refractivity contribution in [3.63, 3.8) is 0 Å². The highest BCUT2D eigenvalue weighted by Gasteiger charge is 2.61. The second-order valence-corrected chi connectivity index (χ2v) is 10.2. The standard InChI is InChI=1S/C21H33BO2/c1-13(23)16-6-7-17-15-5-4-14-12-21(22,24)11-10-19(14,2)18(15)8-9-20(16,17)3/h14-18,24H,4-12H2,1-3H3/t14-,15+,16-,17+,18+,19+,20-,21-/m1/s1. The highest BCUT2D eigenvalue weighted by Crippen LogP contribution is 2.67. The van der Waals surface area contributed by atoms with Gasteiger partial charge in [-0.25, -0.2) is 0 Å². The van der Waals surface area contributed by atoms with E-state index in [9.17, 15) is 9.90 Å². The van der Waals surface area contributed by atoms with Crippen molar-refractivity contribution in [3.8, 4) is 0 Å². The number of hydrogen-bond acceptors (Lipinski definition) is 2. The lowest BCUT2D eigenvalue weighted by atomic mass is 9.42. The zero-order chi connectivity index (χ0) is 17.3. The van der Waals surface area contributed by atoms with E-state index in [-0.39, 0.29) is 5.41 Å². The van der Waals surface area contributed by atoms with Crippen LogP contribution in [0.2, 0.25) is 0 Å². The molecule has 0 amide bonds. The maximum Gasteiger partial charge on any atom is 0.133 e. The summed E-state index contributed by atoms with van der Waals surface area (Å²) in [6.45, 7) is 6.72. The lowest BCUT2D eigenvalue weighted by molar-refractivity contribution is -0.141. The SMILES string of the molecule is [B][C@@]1(O)CC[C@@]2(C)[C@H](CC[C@@H]3[C@@H]2CC[C@]2(C)[C@@H](C(C)=O)CC[C@@H]32)C1. The molecule has 8 atom stereocenters. The van der Waals surface area contributed by atoms with E-state index >= 15 is 0 Å². The minimum absolute atomic E-state index is 0.249. The monoisotopic (exact) mass is 328 g/mol. The predicted molar refractivity (Wildman–Crippen MR) is 96.6 cm³/mol. The Kier molecular flexibility index (Phi) is 3.82. The predicted octanol–water partition coefficient (Wildman–Crippen LogP) is 4.09. The van der Waals surface area contributed by atoms with Gasteiger partial charge in [-0.3, -0.25) is 4.79 Å². The van der Waals surface area contributed by atoms with Crippen molar-refractivity contribution in [3.05, 3.63) is 0 Å². The third kappa shape index (κ3) is 2.29. The summed E-state index contributed by atoms with van der Waals surface area (Å²) >= 11 is 0. The molecule has 4 rings (SSSR count). The van der Waals surface area contributed by atoms with Gasteiger partial charge in [0.1, 0.15) is 13.6 Å². The normalized spacial score (nSPS) is 56.9. The van der Waals surface area contributed by atoms with Crippen molar-refractivity contribution in [2.24, 2.45) is 40.4 Å². The van der Waals surface area contributed by atoms with Crippen molar-refractivity contribution >= 4 is 13.6 Å². The molecule has 132 valence electrons. The Morgan fingerprint density at radius 2 is 1.67 bits per heavy atom. The van der Waals surface area contributed by atoms with Crippen molar-refractivity contribution in [2.45, 2.75) is 84.1 Å². The summed E-state index contributed by atoms with van der Waals surface area (Å²) in [5, 5.41) is 10.4. The van der Waals surface area contributed by atoms with Gasteiger partial charge in [0.05, 0.1) is 0 Å².